The molecule has 2 aromatic carbocycles. The van der Waals surface area contributed by atoms with Gasteiger partial charge in [-0.2, -0.15) is 0 Å². The molecular formula is C17H21NO2. The maximum absolute atomic E-state index is 12.0. The van der Waals surface area contributed by atoms with Crippen LogP contribution in [-0.4, -0.2) is 18.1 Å². The zero-order chi connectivity index (χ0) is 14.5. The number of carbonyl (C=O) groups is 1. The average molecular weight is 271 g/mol. The molecule has 0 fully saturated rings. The summed E-state index contributed by atoms with van der Waals surface area (Å²) in [5.41, 5.74) is 0. The SMILES string of the molecule is CC[C@H](C)NC(=O)[C@H](C)Oc1cccc2ccccc12. The highest BCUT2D eigenvalue weighted by molar-refractivity contribution is 5.89. The molecule has 20 heavy (non-hydrogen) atoms. The van der Waals surface area contributed by atoms with Crippen LogP contribution in [0.3, 0.4) is 0 Å². The lowest BCUT2D eigenvalue weighted by molar-refractivity contribution is -0.127. The first-order valence-corrected chi connectivity index (χ1v) is 7.06. The summed E-state index contributed by atoms with van der Waals surface area (Å²) in [5, 5.41) is 5.07. The Labute approximate surface area is 119 Å². The Morgan fingerprint density at radius 2 is 1.85 bits per heavy atom. The standard InChI is InChI=1S/C17H21NO2/c1-4-12(2)18-17(19)13(3)20-16-11-7-9-14-8-5-6-10-15(14)16/h5-13H,4H2,1-3H3,(H,18,19)/t12-,13-/m0/s1. The predicted octanol–water partition coefficient (Wildman–Crippen LogP) is 3.52. The largest absolute Gasteiger partial charge is 0.480 e. The summed E-state index contributed by atoms with van der Waals surface area (Å²) in [6, 6.07) is 14.0. The smallest absolute Gasteiger partial charge is 0.260 e. The maximum atomic E-state index is 12.0. The highest BCUT2D eigenvalue weighted by Crippen LogP contribution is 2.26. The quantitative estimate of drug-likeness (QED) is 0.903. The minimum atomic E-state index is -0.505. The van der Waals surface area contributed by atoms with E-state index in [-0.39, 0.29) is 11.9 Å². The molecule has 1 N–H and O–H groups in total. The fourth-order valence-electron chi connectivity index (χ4n) is 2.00. The molecule has 0 saturated carbocycles. The van der Waals surface area contributed by atoms with Gasteiger partial charge in [0.25, 0.3) is 5.91 Å². The molecule has 0 radical (unpaired) electrons. The van der Waals surface area contributed by atoms with Crippen LogP contribution < -0.4 is 10.1 Å². The van der Waals surface area contributed by atoms with Crippen molar-refractivity contribution in [3.8, 4) is 5.75 Å². The number of rotatable bonds is 5. The first kappa shape index (κ1) is 14.4. The Bertz CT molecular complexity index is 589. The van der Waals surface area contributed by atoms with Crippen molar-refractivity contribution in [2.75, 3.05) is 0 Å². The van der Waals surface area contributed by atoms with Crippen molar-refractivity contribution in [3.05, 3.63) is 42.5 Å². The third-order valence-corrected chi connectivity index (χ3v) is 3.42. The van der Waals surface area contributed by atoms with Crippen LogP contribution in [0.4, 0.5) is 0 Å². The van der Waals surface area contributed by atoms with Crippen LogP contribution in [0.25, 0.3) is 10.8 Å². The molecule has 2 rings (SSSR count). The van der Waals surface area contributed by atoms with Crippen molar-refractivity contribution in [2.24, 2.45) is 0 Å². The number of hydrogen-bond donors (Lipinski definition) is 1. The second-order valence-electron chi connectivity index (χ2n) is 5.06. The van der Waals surface area contributed by atoms with Gasteiger partial charge in [0, 0.05) is 11.4 Å². The number of ether oxygens (including phenoxy) is 1. The van der Waals surface area contributed by atoms with Gasteiger partial charge in [-0.05, 0) is 31.7 Å². The molecule has 2 aromatic rings. The van der Waals surface area contributed by atoms with E-state index in [0.29, 0.717) is 0 Å². The van der Waals surface area contributed by atoms with Gasteiger partial charge in [-0.3, -0.25) is 4.79 Å². The summed E-state index contributed by atoms with van der Waals surface area (Å²) in [4.78, 5) is 12.0. The van der Waals surface area contributed by atoms with Crippen molar-refractivity contribution in [3.63, 3.8) is 0 Å². The highest BCUT2D eigenvalue weighted by atomic mass is 16.5. The number of carbonyl (C=O) groups excluding carboxylic acids is 1. The number of hydrogen-bond acceptors (Lipinski definition) is 2. The maximum Gasteiger partial charge on any atom is 0.260 e. The van der Waals surface area contributed by atoms with Crippen LogP contribution in [-0.2, 0) is 4.79 Å². The minimum Gasteiger partial charge on any atom is -0.480 e. The molecule has 0 saturated heterocycles. The van der Waals surface area contributed by atoms with Crippen molar-refractivity contribution < 1.29 is 9.53 Å². The van der Waals surface area contributed by atoms with E-state index >= 15 is 0 Å². The molecule has 0 aromatic heterocycles. The Morgan fingerprint density at radius 3 is 2.60 bits per heavy atom. The zero-order valence-electron chi connectivity index (χ0n) is 12.2. The molecule has 0 aliphatic heterocycles. The number of fused-ring (bicyclic) bond motifs is 1. The summed E-state index contributed by atoms with van der Waals surface area (Å²) in [7, 11) is 0. The lowest BCUT2D eigenvalue weighted by Gasteiger charge is -2.18. The summed E-state index contributed by atoms with van der Waals surface area (Å²) < 4.78 is 5.82. The molecule has 0 aliphatic rings. The minimum absolute atomic E-state index is 0.0766. The third kappa shape index (κ3) is 3.29. The molecule has 0 heterocycles. The molecular weight excluding hydrogens is 250 g/mol. The lowest BCUT2D eigenvalue weighted by atomic mass is 10.1. The first-order chi connectivity index (χ1) is 9.61. The average Bonchev–Trinajstić information content (AvgIpc) is 2.47. The van der Waals surface area contributed by atoms with Crippen molar-refractivity contribution >= 4 is 16.7 Å². The van der Waals surface area contributed by atoms with E-state index in [9.17, 15) is 4.79 Å². The van der Waals surface area contributed by atoms with E-state index in [1.807, 2.05) is 56.3 Å². The van der Waals surface area contributed by atoms with Gasteiger partial charge in [0.15, 0.2) is 6.10 Å². The molecule has 0 aliphatic carbocycles. The van der Waals surface area contributed by atoms with Gasteiger partial charge in [0.2, 0.25) is 0 Å². The van der Waals surface area contributed by atoms with Gasteiger partial charge in [-0.15, -0.1) is 0 Å². The van der Waals surface area contributed by atoms with Gasteiger partial charge < -0.3 is 10.1 Å². The summed E-state index contributed by atoms with van der Waals surface area (Å²) in [5.74, 6) is 0.669. The van der Waals surface area contributed by atoms with E-state index in [4.69, 9.17) is 4.74 Å². The van der Waals surface area contributed by atoms with Crippen LogP contribution in [0, 0.1) is 0 Å². The van der Waals surface area contributed by atoms with E-state index in [2.05, 4.69) is 5.32 Å². The van der Waals surface area contributed by atoms with Crippen LogP contribution in [0.1, 0.15) is 27.2 Å². The lowest BCUT2D eigenvalue weighted by Crippen LogP contribution is -2.41. The summed E-state index contributed by atoms with van der Waals surface area (Å²) in [6.07, 6.45) is 0.405. The normalized spacial score (nSPS) is 13.8. The molecule has 0 unspecified atom stereocenters. The predicted molar refractivity (Wildman–Crippen MR) is 81.9 cm³/mol. The topological polar surface area (TPSA) is 38.3 Å². The molecule has 106 valence electrons. The Morgan fingerprint density at radius 1 is 1.15 bits per heavy atom. The van der Waals surface area contributed by atoms with E-state index in [1.165, 1.54) is 0 Å². The second-order valence-corrected chi connectivity index (χ2v) is 5.06. The molecule has 3 heteroatoms. The Kier molecular flexibility index (Phi) is 4.61. The number of benzene rings is 2. The zero-order valence-corrected chi connectivity index (χ0v) is 12.2. The monoisotopic (exact) mass is 271 g/mol. The van der Waals surface area contributed by atoms with Gasteiger partial charge in [-0.1, -0.05) is 43.3 Å². The fraction of sp³-hybridized carbons (Fsp3) is 0.353. The van der Waals surface area contributed by atoms with Crippen molar-refractivity contribution in [1.29, 1.82) is 0 Å². The van der Waals surface area contributed by atoms with Gasteiger partial charge in [0.1, 0.15) is 5.75 Å². The van der Waals surface area contributed by atoms with Crippen molar-refractivity contribution in [1.82, 2.24) is 5.32 Å². The Hall–Kier alpha value is -2.03. The first-order valence-electron chi connectivity index (χ1n) is 7.06. The number of amides is 1. The van der Waals surface area contributed by atoms with Gasteiger partial charge in [-0.25, -0.2) is 0 Å². The van der Waals surface area contributed by atoms with E-state index in [0.717, 1.165) is 22.9 Å². The van der Waals surface area contributed by atoms with E-state index in [1.54, 1.807) is 6.92 Å². The van der Waals surface area contributed by atoms with Gasteiger partial charge in [0.05, 0.1) is 0 Å². The van der Waals surface area contributed by atoms with Crippen molar-refractivity contribution in [2.45, 2.75) is 39.3 Å². The third-order valence-electron chi connectivity index (χ3n) is 3.42. The van der Waals surface area contributed by atoms with Crippen LogP contribution in [0.2, 0.25) is 0 Å². The molecule has 0 spiro atoms. The van der Waals surface area contributed by atoms with E-state index < -0.39 is 6.10 Å². The molecule has 2 atom stereocenters. The summed E-state index contributed by atoms with van der Waals surface area (Å²) >= 11 is 0. The van der Waals surface area contributed by atoms with Gasteiger partial charge >= 0.3 is 0 Å². The van der Waals surface area contributed by atoms with Crippen LogP contribution >= 0.6 is 0 Å². The highest BCUT2D eigenvalue weighted by Gasteiger charge is 2.17. The fourth-order valence-corrected chi connectivity index (χ4v) is 2.00. The second kappa shape index (κ2) is 6.42. The number of nitrogens with one attached hydrogen (secondary N) is 1. The molecule has 1 amide bonds. The van der Waals surface area contributed by atoms with Crippen LogP contribution in [0.15, 0.2) is 42.5 Å². The molecule has 0 bridgehead atoms. The Balaban J connectivity index is 2.14. The molecule has 3 nitrogen and oxygen atoms in total. The summed E-state index contributed by atoms with van der Waals surface area (Å²) in [6.45, 7) is 5.81. The van der Waals surface area contributed by atoms with Crippen LogP contribution in [0.5, 0.6) is 5.75 Å².